The van der Waals surface area contributed by atoms with Gasteiger partial charge in [0.1, 0.15) is 18.3 Å². The second kappa shape index (κ2) is 5.02. The number of pyridine rings is 1. The molecule has 0 spiro atoms. The van der Waals surface area contributed by atoms with Gasteiger partial charge in [-0.3, -0.25) is 10.1 Å². The molecule has 1 rings (SSSR count). The first-order valence-electron chi connectivity index (χ1n) is 3.83. The summed E-state index contributed by atoms with van der Waals surface area (Å²) in [4.78, 5) is 17.8. The van der Waals surface area contributed by atoms with E-state index in [2.05, 4.69) is 15.0 Å². The highest BCUT2D eigenvalue weighted by Gasteiger charge is 2.05. The van der Waals surface area contributed by atoms with Crippen LogP contribution in [0.1, 0.15) is 0 Å². The van der Waals surface area contributed by atoms with E-state index in [1.54, 1.807) is 0 Å². The molecule has 0 aromatic carbocycles. The summed E-state index contributed by atoms with van der Waals surface area (Å²) in [5.41, 5.74) is -0.669. The van der Waals surface area contributed by atoms with Gasteiger partial charge in [0, 0.05) is 12.1 Å². The largest absolute Gasteiger partial charge is 0.334 e. The predicted octanol–water partition coefficient (Wildman–Crippen LogP) is 0.772. The van der Waals surface area contributed by atoms with E-state index in [1.165, 1.54) is 18.2 Å². The Bertz CT molecular complexity index is 492. The van der Waals surface area contributed by atoms with Crippen LogP contribution >= 0.6 is 0 Å². The second-order valence-electron chi connectivity index (χ2n) is 2.37. The summed E-state index contributed by atoms with van der Waals surface area (Å²) < 4.78 is 0. The zero-order valence-corrected chi connectivity index (χ0v) is 7.69. The molecule has 1 heterocycles. The lowest BCUT2D eigenvalue weighted by atomic mass is 10.4. The zero-order chi connectivity index (χ0) is 12.0. The number of nitrogens with zero attached hydrogens (tertiary/aromatic N) is 5. The highest BCUT2D eigenvalue weighted by atomic mass is 16.6. The maximum atomic E-state index is 10.3. The third-order valence-corrected chi connectivity index (χ3v) is 1.37. The van der Waals surface area contributed by atoms with E-state index in [9.17, 15) is 10.1 Å². The Kier molecular flexibility index (Phi) is 3.48. The number of nitro groups is 1. The standard InChI is InChI=1S/C8H3N5O3/c9-3-6(4-10)12-16-8-2-1-7(5-11-8)13(14)15/h1-2,5H. The highest BCUT2D eigenvalue weighted by Crippen LogP contribution is 2.13. The molecule has 1 aromatic heterocycles. The molecule has 0 atom stereocenters. The van der Waals surface area contributed by atoms with Crippen LogP contribution in [0.4, 0.5) is 5.69 Å². The summed E-state index contributed by atoms with van der Waals surface area (Å²) in [5.74, 6) is -0.0476. The van der Waals surface area contributed by atoms with Crippen molar-refractivity contribution in [1.29, 1.82) is 10.5 Å². The summed E-state index contributed by atoms with van der Waals surface area (Å²) in [6.07, 6.45) is 0.975. The Hall–Kier alpha value is -3.00. The molecular weight excluding hydrogens is 214 g/mol. The van der Waals surface area contributed by atoms with E-state index in [1.807, 2.05) is 0 Å². The summed E-state index contributed by atoms with van der Waals surface area (Å²) in [5, 5.41) is 30.1. The van der Waals surface area contributed by atoms with Crippen molar-refractivity contribution in [2.45, 2.75) is 0 Å². The molecule has 0 saturated carbocycles. The monoisotopic (exact) mass is 217 g/mol. The van der Waals surface area contributed by atoms with E-state index in [0.29, 0.717) is 0 Å². The quantitative estimate of drug-likeness (QED) is 0.418. The summed E-state index contributed by atoms with van der Waals surface area (Å²) in [6.45, 7) is 0. The molecule has 1 aromatic rings. The molecule has 0 unspecified atom stereocenters. The minimum absolute atomic E-state index is 0.0476. The fourth-order valence-electron chi connectivity index (χ4n) is 0.693. The molecule has 0 N–H and O–H groups in total. The topological polar surface area (TPSA) is 125 Å². The molecule has 0 radical (unpaired) electrons. The lowest BCUT2D eigenvalue weighted by molar-refractivity contribution is -0.385. The van der Waals surface area contributed by atoms with Crippen LogP contribution in [0, 0.1) is 32.8 Å². The second-order valence-corrected chi connectivity index (χ2v) is 2.37. The van der Waals surface area contributed by atoms with Crippen molar-refractivity contribution in [2.75, 3.05) is 0 Å². The Balaban J connectivity index is 2.78. The van der Waals surface area contributed by atoms with Gasteiger partial charge in [0.05, 0.1) is 4.92 Å². The molecule has 16 heavy (non-hydrogen) atoms. The Morgan fingerprint density at radius 1 is 1.50 bits per heavy atom. The first-order chi connectivity index (χ1) is 7.67. The first kappa shape index (κ1) is 11.1. The minimum Gasteiger partial charge on any atom is -0.334 e. The van der Waals surface area contributed by atoms with Crippen LogP contribution in [0.25, 0.3) is 0 Å². The van der Waals surface area contributed by atoms with Gasteiger partial charge < -0.3 is 4.84 Å². The summed E-state index contributed by atoms with van der Waals surface area (Å²) in [7, 11) is 0. The van der Waals surface area contributed by atoms with Crippen molar-refractivity contribution < 1.29 is 9.76 Å². The third kappa shape index (κ3) is 2.75. The molecule has 0 aliphatic rings. The van der Waals surface area contributed by atoms with E-state index in [-0.39, 0.29) is 11.6 Å². The van der Waals surface area contributed by atoms with Gasteiger partial charge in [0.25, 0.3) is 11.4 Å². The fourth-order valence-corrected chi connectivity index (χ4v) is 0.693. The van der Waals surface area contributed by atoms with Gasteiger partial charge in [0.2, 0.25) is 5.88 Å². The van der Waals surface area contributed by atoms with E-state index < -0.39 is 10.6 Å². The number of oxime groups is 1. The first-order valence-corrected chi connectivity index (χ1v) is 3.83. The predicted molar refractivity (Wildman–Crippen MR) is 50.2 cm³/mol. The number of hydrogen-bond donors (Lipinski definition) is 0. The third-order valence-electron chi connectivity index (χ3n) is 1.37. The molecule has 0 fully saturated rings. The van der Waals surface area contributed by atoms with Gasteiger partial charge in [0.15, 0.2) is 0 Å². The van der Waals surface area contributed by atoms with Crippen LogP contribution in [0.15, 0.2) is 23.5 Å². The molecular formula is C8H3N5O3. The molecule has 0 saturated heterocycles. The average molecular weight is 217 g/mol. The SMILES string of the molecule is N#CC(C#N)=NOc1ccc([N+](=O)[O-])cn1. The van der Waals surface area contributed by atoms with Crippen LogP contribution in [0.2, 0.25) is 0 Å². The minimum atomic E-state index is -0.615. The maximum Gasteiger partial charge on any atom is 0.287 e. The Morgan fingerprint density at radius 3 is 2.62 bits per heavy atom. The van der Waals surface area contributed by atoms with Crippen LogP contribution < -0.4 is 4.84 Å². The highest BCUT2D eigenvalue weighted by molar-refractivity contribution is 6.09. The van der Waals surface area contributed by atoms with Crippen molar-refractivity contribution in [3.8, 4) is 18.0 Å². The summed E-state index contributed by atoms with van der Waals surface area (Å²) in [6, 6.07) is 5.32. The molecule has 0 aliphatic carbocycles. The van der Waals surface area contributed by atoms with Gasteiger partial charge in [-0.15, -0.1) is 0 Å². The van der Waals surface area contributed by atoms with Crippen LogP contribution in [-0.2, 0) is 0 Å². The van der Waals surface area contributed by atoms with Gasteiger partial charge in [-0.25, -0.2) is 4.98 Å². The van der Waals surface area contributed by atoms with Gasteiger partial charge in [-0.1, -0.05) is 5.16 Å². The van der Waals surface area contributed by atoms with Crippen LogP contribution in [0.5, 0.6) is 5.88 Å². The Labute approximate surface area is 89.1 Å². The molecule has 8 heteroatoms. The van der Waals surface area contributed by atoms with Gasteiger partial charge in [-0.2, -0.15) is 10.5 Å². The molecule has 0 bridgehead atoms. The summed E-state index contributed by atoms with van der Waals surface area (Å²) >= 11 is 0. The number of rotatable bonds is 3. The normalized spacial score (nSPS) is 8.38. The average Bonchev–Trinajstić information content (AvgIpc) is 2.31. The maximum absolute atomic E-state index is 10.3. The zero-order valence-electron chi connectivity index (χ0n) is 7.69. The van der Waals surface area contributed by atoms with Crippen molar-refractivity contribution in [3.63, 3.8) is 0 Å². The molecule has 78 valence electrons. The lowest BCUT2D eigenvalue weighted by Gasteiger charge is -1.95. The van der Waals surface area contributed by atoms with Crippen LogP contribution in [-0.4, -0.2) is 15.6 Å². The van der Waals surface area contributed by atoms with Crippen LogP contribution in [0.3, 0.4) is 0 Å². The lowest BCUT2D eigenvalue weighted by Crippen LogP contribution is -1.95. The molecule has 0 aliphatic heterocycles. The van der Waals surface area contributed by atoms with E-state index in [0.717, 1.165) is 12.3 Å². The molecule has 0 amide bonds. The fraction of sp³-hybridized carbons (Fsp3) is 0. The number of nitriles is 2. The Morgan fingerprint density at radius 2 is 2.19 bits per heavy atom. The van der Waals surface area contributed by atoms with Crippen molar-refractivity contribution in [3.05, 3.63) is 28.4 Å². The molecule has 8 nitrogen and oxygen atoms in total. The van der Waals surface area contributed by atoms with Crippen molar-refractivity contribution in [1.82, 2.24) is 4.98 Å². The van der Waals surface area contributed by atoms with E-state index >= 15 is 0 Å². The van der Waals surface area contributed by atoms with Crippen molar-refractivity contribution in [2.24, 2.45) is 5.16 Å². The van der Waals surface area contributed by atoms with Crippen molar-refractivity contribution >= 4 is 11.4 Å². The van der Waals surface area contributed by atoms with Gasteiger partial charge >= 0.3 is 0 Å². The number of hydrogen-bond acceptors (Lipinski definition) is 7. The van der Waals surface area contributed by atoms with Gasteiger partial charge in [-0.05, 0) is 0 Å². The smallest absolute Gasteiger partial charge is 0.287 e. The van der Waals surface area contributed by atoms with E-state index in [4.69, 9.17) is 10.5 Å². The number of aromatic nitrogens is 1.